The van der Waals surface area contributed by atoms with E-state index in [0.717, 1.165) is 28.8 Å². The first-order valence-corrected chi connectivity index (χ1v) is 9.46. The summed E-state index contributed by atoms with van der Waals surface area (Å²) in [5.41, 5.74) is 3.67. The molecule has 0 atom stereocenters. The molecule has 0 amide bonds. The highest BCUT2D eigenvalue weighted by molar-refractivity contribution is 5.93. The molecule has 150 valence electrons. The van der Waals surface area contributed by atoms with Crippen LogP contribution in [0.2, 0.25) is 0 Å². The minimum atomic E-state index is -0.765. The van der Waals surface area contributed by atoms with Gasteiger partial charge in [0.05, 0.1) is 10.9 Å². The van der Waals surface area contributed by atoms with Gasteiger partial charge in [-0.05, 0) is 68.3 Å². The zero-order chi connectivity index (χ0) is 21.4. The molecule has 0 radical (unpaired) electrons. The lowest BCUT2D eigenvalue weighted by Crippen LogP contribution is -2.16. The number of halogens is 1. The molecule has 0 spiro atoms. The molecule has 0 fully saturated rings. The third-order valence-corrected chi connectivity index (χ3v) is 5.05. The topological polar surface area (TPSA) is 56.5 Å². The standard InChI is InChI=1S/C25H19FO4/c1-14-4-6-17(7-5-14)23-24(30-25(28)18-8-10-19(26)11-9-18)22(27)20-12-15(2)16(3)13-21(20)29-23/h4-13H,1-3H3. The molecule has 0 saturated heterocycles. The zero-order valence-electron chi connectivity index (χ0n) is 16.8. The van der Waals surface area contributed by atoms with E-state index in [1.165, 1.54) is 12.1 Å². The summed E-state index contributed by atoms with van der Waals surface area (Å²) in [6, 6.07) is 15.8. The predicted molar refractivity (Wildman–Crippen MR) is 113 cm³/mol. The molecule has 5 heteroatoms. The van der Waals surface area contributed by atoms with Crippen molar-refractivity contribution in [2.75, 3.05) is 0 Å². The Balaban J connectivity index is 1.92. The van der Waals surface area contributed by atoms with Crippen molar-refractivity contribution in [1.29, 1.82) is 0 Å². The van der Waals surface area contributed by atoms with Crippen molar-refractivity contribution in [2.24, 2.45) is 0 Å². The number of rotatable bonds is 3. The van der Waals surface area contributed by atoms with Gasteiger partial charge in [-0.2, -0.15) is 0 Å². The van der Waals surface area contributed by atoms with Crippen LogP contribution < -0.4 is 10.2 Å². The van der Waals surface area contributed by atoms with E-state index in [2.05, 4.69) is 0 Å². The van der Waals surface area contributed by atoms with Gasteiger partial charge in [-0.25, -0.2) is 9.18 Å². The SMILES string of the molecule is Cc1ccc(-c2oc3cc(C)c(C)cc3c(=O)c2OC(=O)c2ccc(F)cc2)cc1. The van der Waals surface area contributed by atoms with Crippen molar-refractivity contribution in [3.05, 3.63) is 99.0 Å². The highest BCUT2D eigenvalue weighted by Crippen LogP contribution is 2.32. The molecule has 3 aromatic carbocycles. The normalized spacial score (nSPS) is 10.9. The summed E-state index contributed by atoms with van der Waals surface area (Å²) in [6.45, 7) is 5.77. The van der Waals surface area contributed by atoms with Crippen molar-refractivity contribution in [2.45, 2.75) is 20.8 Å². The first-order valence-electron chi connectivity index (χ1n) is 9.46. The summed E-state index contributed by atoms with van der Waals surface area (Å²) in [5, 5.41) is 0.330. The van der Waals surface area contributed by atoms with E-state index in [4.69, 9.17) is 9.15 Å². The molecule has 4 nitrogen and oxygen atoms in total. The molecule has 4 rings (SSSR count). The van der Waals surface area contributed by atoms with Crippen LogP contribution in [-0.2, 0) is 0 Å². The molecule has 0 saturated carbocycles. The van der Waals surface area contributed by atoms with Gasteiger partial charge in [0.2, 0.25) is 11.2 Å². The monoisotopic (exact) mass is 402 g/mol. The van der Waals surface area contributed by atoms with Crippen LogP contribution in [0, 0.1) is 26.6 Å². The summed E-state index contributed by atoms with van der Waals surface area (Å²) < 4.78 is 24.7. The summed E-state index contributed by atoms with van der Waals surface area (Å²) in [6.07, 6.45) is 0. The number of ether oxygens (including phenoxy) is 1. The molecule has 1 heterocycles. The van der Waals surface area contributed by atoms with E-state index < -0.39 is 17.2 Å². The Morgan fingerprint density at radius 1 is 0.900 bits per heavy atom. The van der Waals surface area contributed by atoms with Gasteiger partial charge < -0.3 is 9.15 Å². The predicted octanol–water partition coefficient (Wildman–Crippen LogP) is 5.74. The second-order valence-corrected chi connectivity index (χ2v) is 7.28. The van der Waals surface area contributed by atoms with Crippen LogP contribution in [0.1, 0.15) is 27.0 Å². The van der Waals surface area contributed by atoms with Crippen LogP contribution in [0.25, 0.3) is 22.3 Å². The summed E-state index contributed by atoms with van der Waals surface area (Å²) >= 11 is 0. The van der Waals surface area contributed by atoms with Crippen molar-refractivity contribution in [3.8, 4) is 17.1 Å². The number of carbonyl (C=O) groups excluding carboxylic acids is 1. The fourth-order valence-corrected chi connectivity index (χ4v) is 3.16. The Bertz CT molecular complexity index is 1320. The third kappa shape index (κ3) is 3.62. The van der Waals surface area contributed by atoms with E-state index in [0.29, 0.717) is 16.5 Å². The number of carbonyl (C=O) groups is 1. The second-order valence-electron chi connectivity index (χ2n) is 7.28. The van der Waals surface area contributed by atoms with Crippen molar-refractivity contribution in [1.82, 2.24) is 0 Å². The molecular formula is C25H19FO4. The number of fused-ring (bicyclic) bond motifs is 1. The van der Waals surface area contributed by atoms with Gasteiger partial charge in [-0.1, -0.05) is 29.8 Å². The van der Waals surface area contributed by atoms with E-state index in [-0.39, 0.29) is 17.1 Å². The number of esters is 1. The Morgan fingerprint density at radius 2 is 1.53 bits per heavy atom. The highest BCUT2D eigenvalue weighted by Gasteiger charge is 2.22. The largest absolute Gasteiger partial charge is 0.452 e. The maximum Gasteiger partial charge on any atom is 0.343 e. The first kappa shape index (κ1) is 19.6. The number of aryl methyl sites for hydroxylation is 3. The van der Waals surface area contributed by atoms with Gasteiger partial charge >= 0.3 is 5.97 Å². The molecular weight excluding hydrogens is 383 g/mol. The first-order chi connectivity index (χ1) is 14.3. The van der Waals surface area contributed by atoms with Crippen molar-refractivity contribution >= 4 is 16.9 Å². The molecule has 1 aromatic heterocycles. The lowest BCUT2D eigenvalue weighted by atomic mass is 10.0. The minimum Gasteiger partial charge on any atom is -0.452 e. The summed E-state index contributed by atoms with van der Waals surface area (Å²) in [7, 11) is 0. The minimum absolute atomic E-state index is 0.130. The summed E-state index contributed by atoms with van der Waals surface area (Å²) in [4.78, 5) is 25.9. The smallest absolute Gasteiger partial charge is 0.343 e. The van der Waals surface area contributed by atoms with Crippen LogP contribution in [0.4, 0.5) is 4.39 Å². The van der Waals surface area contributed by atoms with E-state index in [1.54, 1.807) is 24.3 Å². The molecule has 0 unspecified atom stereocenters. The quantitative estimate of drug-likeness (QED) is 0.410. The van der Waals surface area contributed by atoms with E-state index >= 15 is 0 Å². The zero-order valence-corrected chi connectivity index (χ0v) is 16.8. The van der Waals surface area contributed by atoms with Crippen LogP contribution >= 0.6 is 0 Å². The molecule has 0 aliphatic rings. The Labute approximate surface area is 172 Å². The molecule has 4 aromatic rings. The maximum absolute atomic E-state index is 13.3. The molecule has 0 bridgehead atoms. The van der Waals surface area contributed by atoms with Gasteiger partial charge in [0, 0.05) is 5.56 Å². The van der Waals surface area contributed by atoms with Crippen LogP contribution in [-0.4, -0.2) is 5.97 Å². The Kier molecular flexibility index (Phi) is 4.96. The van der Waals surface area contributed by atoms with Crippen LogP contribution in [0.5, 0.6) is 5.75 Å². The van der Waals surface area contributed by atoms with Gasteiger partial charge in [-0.3, -0.25) is 4.79 Å². The number of hydrogen-bond donors (Lipinski definition) is 0. The fourth-order valence-electron chi connectivity index (χ4n) is 3.16. The maximum atomic E-state index is 13.3. The van der Waals surface area contributed by atoms with Crippen molar-refractivity contribution < 1.29 is 18.3 Å². The third-order valence-electron chi connectivity index (χ3n) is 5.05. The van der Waals surface area contributed by atoms with Crippen molar-refractivity contribution in [3.63, 3.8) is 0 Å². The van der Waals surface area contributed by atoms with Crippen LogP contribution in [0.15, 0.2) is 69.9 Å². The van der Waals surface area contributed by atoms with Gasteiger partial charge in [-0.15, -0.1) is 0 Å². The van der Waals surface area contributed by atoms with E-state index in [1.807, 2.05) is 32.9 Å². The Hall–Kier alpha value is -3.73. The number of benzene rings is 3. The Morgan fingerprint density at radius 3 is 2.20 bits per heavy atom. The fraction of sp³-hybridized carbons (Fsp3) is 0.120. The number of hydrogen-bond acceptors (Lipinski definition) is 4. The second kappa shape index (κ2) is 7.59. The van der Waals surface area contributed by atoms with Crippen LogP contribution in [0.3, 0.4) is 0 Å². The van der Waals surface area contributed by atoms with E-state index in [9.17, 15) is 14.0 Å². The lowest BCUT2D eigenvalue weighted by molar-refractivity contribution is 0.0731. The molecule has 0 aliphatic carbocycles. The molecule has 30 heavy (non-hydrogen) atoms. The average molecular weight is 402 g/mol. The van der Waals surface area contributed by atoms with Gasteiger partial charge in [0.15, 0.2) is 5.76 Å². The average Bonchev–Trinajstić information content (AvgIpc) is 2.72. The molecule has 0 aliphatic heterocycles. The van der Waals surface area contributed by atoms with Gasteiger partial charge in [0.25, 0.3) is 0 Å². The highest BCUT2D eigenvalue weighted by atomic mass is 19.1. The summed E-state index contributed by atoms with van der Waals surface area (Å²) in [5.74, 6) is -1.25. The lowest BCUT2D eigenvalue weighted by Gasteiger charge is -2.12. The van der Waals surface area contributed by atoms with Gasteiger partial charge in [0.1, 0.15) is 11.4 Å². The molecule has 0 N–H and O–H groups in total.